The lowest BCUT2D eigenvalue weighted by Crippen LogP contribution is -2.38. The number of likely N-dealkylation sites (tertiary alicyclic amines) is 1. The van der Waals surface area contributed by atoms with Crippen LogP contribution in [0.25, 0.3) is 21.7 Å². The minimum atomic E-state index is -0.423. The lowest BCUT2D eigenvalue weighted by molar-refractivity contribution is -0.133. The number of rotatable bonds is 9. The number of nitriles is 1. The fourth-order valence-corrected chi connectivity index (χ4v) is 8.56. The number of aliphatic hydroxyl groups excluding tert-OH is 1. The van der Waals surface area contributed by atoms with E-state index in [1.807, 2.05) is 18.0 Å². The average Bonchev–Trinajstić information content (AvgIpc) is 3.88. The molecule has 1 fully saturated rings. The molecule has 0 saturated carbocycles. The van der Waals surface area contributed by atoms with Crippen molar-refractivity contribution in [1.82, 2.24) is 19.7 Å². The molecule has 0 aliphatic carbocycles. The molecule has 4 aromatic rings. The SMILES string of the molecule is Cc1c(-c2nc3c(s2)CN(C(=O)CN(C)C(C)C)C3)cccc1-c1cccc(C2Nc3cc(CN4CCC(C)(CO)C4)cc(C#N)c3O2)c1C. The van der Waals surface area contributed by atoms with Crippen LogP contribution < -0.4 is 10.1 Å². The molecular formula is C40H46N6O3S. The van der Waals surface area contributed by atoms with Gasteiger partial charge in [0.15, 0.2) is 12.0 Å². The van der Waals surface area contributed by atoms with E-state index in [9.17, 15) is 15.2 Å². The van der Waals surface area contributed by atoms with Gasteiger partial charge in [-0.1, -0.05) is 43.3 Å². The smallest absolute Gasteiger partial charge is 0.237 e. The number of benzene rings is 3. The highest BCUT2D eigenvalue weighted by atomic mass is 32.1. The van der Waals surface area contributed by atoms with Crippen LogP contribution in [-0.4, -0.2) is 70.0 Å². The number of nitrogens with zero attached hydrogens (tertiary/aromatic N) is 5. The van der Waals surface area contributed by atoms with Gasteiger partial charge in [-0.3, -0.25) is 14.6 Å². The Morgan fingerprint density at radius 2 is 1.90 bits per heavy atom. The van der Waals surface area contributed by atoms with Crippen molar-refractivity contribution in [2.24, 2.45) is 5.41 Å². The van der Waals surface area contributed by atoms with Crippen LogP contribution >= 0.6 is 11.3 Å². The Kier molecular flexibility index (Phi) is 9.20. The predicted molar refractivity (Wildman–Crippen MR) is 198 cm³/mol. The molecule has 3 aliphatic heterocycles. The van der Waals surface area contributed by atoms with Gasteiger partial charge in [0, 0.05) is 47.2 Å². The first-order valence-corrected chi connectivity index (χ1v) is 18.3. The molecule has 0 radical (unpaired) electrons. The molecule has 1 aromatic heterocycles. The standard InChI is InChI=1S/C40H46N6O3S/c1-24(2)44(6)21-36(48)46-19-34-35(20-46)50-39(43-34)32-12-8-10-30(26(32)4)29-9-7-11-31(25(29)3)38-42-33-16-27(15-28(17-41)37(33)49-38)18-45-14-13-40(5,22-45)23-47/h7-12,15-16,24,38,42,47H,13-14,18-23H2,1-6H3. The largest absolute Gasteiger partial charge is 0.463 e. The highest BCUT2D eigenvalue weighted by Gasteiger charge is 2.34. The van der Waals surface area contributed by atoms with Crippen LogP contribution in [0.2, 0.25) is 0 Å². The normalized spacial score (nSPS) is 19.8. The summed E-state index contributed by atoms with van der Waals surface area (Å²) in [5, 5.41) is 24.4. The van der Waals surface area contributed by atoms with Gasteiger partial charge in [0.1, 0.15) is 11.1 Å². The van der Waals surface area contributed by atoms with Gasteiger partial charge in [-0.15, -0.1) is 11.3 Å². The number of thiazole rings is 1. The monoisotopic (exact) mass is 690 g/mol. The van der Waals surface area contributed by atoms with Gasteiger partial charge >= 0.3 is 0 Å². The Bertz CT molecular complexity index is 1980. The molecule has 9 nitrogen and oxygen atoms in total. The number of aromatic nitrogens is 1. The second-order valence-corrected chi connectivity index (χ2v) is 15.9. The highest BCUT2D eigenvalue weighted by Crippen LogP contribution is 2.44. The molecule has 260 valence electrons. The van der Waals surface area contributed by atoms with E-state index in [1.165, 1.54) is 0 Å². The van der Waals surface area contributed by atoms with E-state index in [2.05, 4.69) is 98.3 Å². The Labute approximate surface area is 299 Å². The van der Waals surface area contributed by atoms with Crippen molar-refractivity contribution in [2.45, 2.75) is 72.9 Å². The molecule has 3 aliphatic rings. The van der Waals surface area contributed by atoms with Crippen LogP contribution in [0.4, 0.5) is 5.69 Å². The number of carbonyl (C=O) groups is 1. The van der Waals surface area contributed by atoms with Crippen LogP contribution in [0.1, 0.15) is 71.8 Å². The summed E-state index contributed by atoms with van der Waals surface area (Å²) in [7, 11) is 1.99. The summed E-state index contributed by atoms with van der Waals surface area (Å²) in [6.45, 7) is 14.9. The third-order valence-corrected chi connectivity index (χ3v) is 11.9. The first-order valence-electron chi connectivity index (χ1n) is 17.5. The second kappa shape index (κ2) is 13.5. The molecule has 3 aromatic carbocycles. The molecule has 2 unspecified atom stereocenters. The van der Waals surface area contributed by atoms with Crippen molar-refractivity contribution in [3.8, 4) is 33.5 Å². The second-order valence-electron chi connectivity index (χ2n) is 14.8. The van der Waals surface area contributed by atoms with Crippen molar-refractivity contribution >= 4 is 22.9 Å². The molecule has 2 N–H and O–H groups in total. The predicted octanol–water partition coefficient (Wildman–Crippen LogP) is 6.86. The number of fused-ring (bicyclic) bond motifs is 2. The molecular weight excluding hydrogens is 645 g/mol. The number of hydrogen-bond donors (Lipinski definition) is 2. The minimum absolute atomic E-state index is 0.0734. The van der Waals surface area contributed by atoms with Crippen molar-refractivity contribution in [1.29, 1.82) is 5.26 Å². The molecule has 2 atom stereocenters. The minimum Gasteiger partial charge on any atom is -0.463 e. The number of ether oxygens (including phenoxy) is 1. The van der Waals surface area contributed by atoms with E-state index >= 15 is 0 Å². The first kappa shape index (κ1) is 34.2. The fourth-order valence-electron chi connectivity index (χ4n) is 7.39. The van der Waals surface area contributed by atoms with Crippen molar-refractivity contribution in [3.63, 3.8) is 0 Å². The van der Waals surface area contributed by atoms with E-state index in [1.54, 1.807) is 11.3 Å². The molecule has 0 spiro atoms. The van der Waals surface area contributed by atoms with Crippen molar-refractivity contribution in [3.05, 3.63) is 86.9 Å². The lowest BCUT2D eigenvalue weighted by atomic mass is 9.91. The number of carbonyl (C=O) groups excluding carboxylic acids is 1. The Balaban J connectivity index is 1.10. The van der Waals surface area contributed by atoms with Crippen LogP contribution in [-0.2, 0) is 24.4 Å². The van der Waals surface area contributed by atoms with Gasteiger partial charge in [-0.05, 0) is 87.7 Å². The third-order valence-electron chi connectivity index (χ3n) is 10.8. The number of hydrogen-bond acceptors (Lipinski definition) is 9. The summed E-state index contributed by atoms with van der Waals surface area (Å²) < 4.78 is 6.46. The summed E-state index contributed by atoms with van der Waals surface area (Å²) >= 11 is 1.69. The number of nitrogens with one attached hydrogen (secondary N) is 1. The maximum atomic E-state index is 12.9. The molecule has 50 heavy (non-hydrogen) atoms. The Morgan fingerprint density at radius 3 is 2.60 bits per heavy atom. The first-order chi connectivity index (χ1) is 24.0. The topological polar surface area (TPSA) is 105 Å². The number of amides is 1. The maximum Gasteiger partial charge on any atom is 0.237 e. The van der Waals surface area contributed by atoms with E-state index in [0.717, 1.165) is 86.3 Å². The van der Waals surface area contributed by atoms with E-state index in [4.69, 9.17) is 9.72 Å². The van der Waals surface area contributed by atoms with Crippen LogP contribution in [0.3, 0.4) is 0 Å². The zero-order valence-corrected chi connectivity index (χ0v) is 30.7. The van der Waals surface area contributed by atoms with Crippen LogP contribution in [0.15, 0.2) is 48.5 Å². The van der Waals surface area contributed by atoms with Gasteiger partial charge < -0.3 is 20.1 Å². The van der Waals surface area contributed by atoms with Gasteiger partial charge in [-0.25, -0.2) is 4.98 Å². The summed E-state index contributed by atoms with van der Waals surface area (Å²) in [4.78, 5) is 25.4. The van der Waals surface area contributed by atoms with Gasteiger partial charge in [0.2, 0.25) is 5.91 Å². The van der Waals surface area contributed by atoms with Crippen molar-refractivity contribution in [2.75, 3.05) is 38.6 Å². The molecule has 7 rings (SSSR count). The summed E-state index contributed by atoms with van der Waals surface area (Å²) in [5.41, 5.74) is 10.0. The number of likely N-dealkylation sites (N-methyl/N-ethyl adjacent to an activating group) is 1. The number of aliphatic hydroxyl groups is 1. The quantitative estimate of drug-likeness (QED) is 0.197. The van der Waals surface area contributed by atoms with E-state index in [-0.39, 0.29) is 17.9 Å². The lowest BCUT2D eigenvalue weighted by Gasteiger charge is -2.23. The molecule has 1 saturated heterocycles. The zero-order valence-electron chi connectivity index (χ0n) is 29.8. The molecule has 1 amide bonds. The average molecular weight is 691 g/mol. The molecule has 0 bridgehead atoms. The summed E-state index contributed by atoms with van der Waals surface area (Å²) in [5.74, 6) is 0.734. The maximum absolute atomic E-state index is 12.9. The van der Waals surface area contributed by atoms with Gasteiger partial charge in [0.05, 0.1) is 36.6 Å². The molecule has 4 heterocycles. The van der Waals surface area contributed by atoms with Crippen LogP contribution in [0.5, 0.6) is 5.75 Å². The van der Waals surface area contributed by atoms with Crippen LogP contribution in [0, 0.1) is 30.6 Å². The zero-order chi connectivity index (χ0) is 35.3. The Hall–Kier alpha value is -4.27. The number of anilines is 1. The third kappa shape index (κ3) is 6.40. The highest BCUT2D eigenvalue weighted by molar-refractivity contribution is 7.15. The van der Waals surface area contributed by atoms with E-state index in [0.29, 0.717) is 37.0 Å². The van der Waals surface area contributed by atoms with Gasteiger partial charge in [-0.2, -0.15) is 5.26 Å². The fraction of sp³-hybridized carbons (Fsp3) is 0.425. The summed E-state index contributed by atoms with van der Waals surface area (Å²) in [6, 6.07) is 19.4. The van der Waals surface area contributed by atoms with Gasteiger partial charge in [0.25, 0.3) is 0 Å². The molecule has 10 heteroatoms. The summed E-state index contributed by atoms with van der Waals surface area (Å²) in [6.07, 6.45) is 0.540. The van der Waals surface area contributed by atoms with E-state index < -0.39 is 6.23 Å². The Morgan fingerprint density at radius 1 is 1.16 bits per heavy atom. The van der Waals surface area contributed by atoms with Crippen molar-refractivity contribution < 1.29 is 14.6 Å².